The van der Waals surface area contributed by atoms with E-state index in [4.69, 9.17) is 28.4 Å². The van der Waals surface area contributed by atoms with Crippen LogP contribution in [0.15, 0.2) is 46.8 Å². The molecule has 0 spiro atoms. The van der Waals surface area contributed by atoms with Gasteiger partial charge in [0.2, 0.25) is 0 Å². The molecular formula is C26H36O6S2. The number of hydrogen-bond acceptors (Lipinski definition) is 8. The molecule has 0 amide bonds. The molecule has 2 aliphatic rings. The zero-order valence-corrected chi connectivity index (χ0v) is 21.4. The van der Waals surface area contributed by atoms with Crippen LogP contribution in [0.5, 0.6) is 23.0 Å². The molecule has 4 heterocycles. The third-order valence-electron chi connectivity index (χ3n) is 5.16. The van der Waals surface area contributed by atoms with Crippen molar-refractivity contribution >= 4 is 22.7 Å². The quantitative estimate of drug-likeness (QED) is 0.227. The summed E-state index contributed by atoms with van der Waals surface area (Å²) in [6.07, 6.45) is 10.5. The van der Waals surface area contributed by atoms with Gasteiger partial charge in [-0.2, -0.15) is 0 Å². The Morgan fingerprint density at radius 2 is 1.32 bits per heavy atom. The van der Waals surface area contributed by atoms with Crippen molar-refractivity contribution in [2.24, 2.45) is 0 Å². The highest BCUT2D eigenvalue weighted by atomic mass is 32.1. The molecular weight excluding hydrogens is 472 g/mol. The van der Waals surface area contributed by atoms with Gasteiger partial charge in [0.25, 0.3) is 0 Å². The Bertz CT molecular complexity index is 802. The summed E-state index contributed by atoms with van der Waals surface area (Å²) in [6, 6.07) is 0. The van der Waals surface area contributed by atoms with E-state index in [1.54, 1.807) is 22.7 Å². The second-order valence-electron chi connectivity index (χ2n) is 8.01. The molecule has 0 N–H and O–H groups in total. The van der Waals surface area contributed by atoms with E-state index in [0.717, 1.165) is 74.7 Å². The second kappa shape index (κ2) is 15.8. The first-order valence-corrected chi connectivity index (χ1v) is 13.8. The van der Waals surface area contributed by atoms with Gasteiger partial charge in [-0.15, -0.1) is 35.8 Å². The molecule has 2 aliphatic heterocycles. The Morgan fingerprint density at radius 3 is 1.97 bits per heavy atom. The lowest BCUT2D eigenvalue weighted by molar-refractivity contribution is 0.00130. The van der Waals surface area contributed by atoms with Gasteiger partial charge in [-0.05, 0) is 38.5 Å². The van der Waals surface area contributed by atoms with Crippen LogP contribution in [-0.2, 0) is 9.47 Å². The molecule has 1 unspecified atom stereocenters. The van der Waals surface area contributed by atoms with E-state index in [-0.39, 0.29) is 12.2 Å². The Balaban J connectivity index is 0.000000191. The van der Waals surface area contributed by atoms with Crippen LogP contribution in [0.2, 0.25) is 0 Å². The van der Waals surface area contributed by atoms with Crippen molar-refractivity contribution in [2.45, 2.75) is 50.7 Å². The van der Waals surface area contributed by atoms with Gasteiger partial charge in [-0.3, -0.25) is 0 Å². The summed E-state index contributed by atoms with van der Waals surface area (Å²) in [5, 5.41) is 7.84. The molecule has 0 radical (unpaired) electrons. The molecule has 0 saturated heterocycles. The average molecular weight is 509 g/mol. The summed E-state index contributed by atoms with van der Waals surface area (Å²) in [6.45, 7) is 11.3. The van der Waals surface area contributed by atoms with E-state index in [2.05, 4.69) is 13.2 Å². The number of allylic oxidation sites excluding steroid dienone is 2. The topological polar surface area (TPSA) is 55.4 Å². The van der Waals surface area contributed by atoms with Crippen molar-refractivity contribution in [2.75, 3.05) is 39.6 Å². The normalized spacial score (nSPS) is 16.8. The smallest absolute Gasteiger partial charge is 0.172 e. The highest BCUT2D eigenvalue weighted by molar-refractivity contribution is 7.08. The van der Waals surface area contributed by atoms with Crippen molar-refractivity contribution in [3.8, 4) is 23.0 Å². The van der Waals surface area contributed by atoms with Gasteiger partial charge in [0.05, 0.1) is 6.61 Å². The van der Waals surface area contributed by atoms with E-state index in [1.165, 1.54) is 0 Å². The number of ether oxygens (including phenoxy) is 6. The SMILES string of the molecule is C=CCCCCOC1COc2cscc2OC1.C=CCCCCOCC1COc2cscc2O1. The Kier molecular flexibility index (Phi) is 12.4. The van der Waals surface area contributed by atoms with Crippen LogP contribution in [0.3, 0.4) is 0 Å². The first kappa shape index (κ1) is 26.6. The first-order chi connectivity index (χ1) is 16.8. The monoisotopic (exact) mass is 508 g/mol. The molecule has 1 atom stereocenters. The fourth-order valence-corrected chi connectivity index (χ4v) is 4.64. The van der Waals surface area contributed by atoms with Crippen molar-refractivity contribution in [1.82, 2.24) is 0 Å². The van der Waals surface area contributed by atoms with Crippen molar-refractivity contribution in [3.63, 3.8) is 0 Å². The molecule has 2 aromatic heterocycles. The predicted octanol–water partition coefficient (Wildman–Crippen LogP) is 6.52. The van der Waals surface area contributed by atoms with Crippen molar-refractivity contribution < 1.29 is 28.4 Å². The van der Waals surface area contributed by atoms with Crippen molar-refractivity contribution in [3.05, 3.63) is 46.8 Å². The van der Waals surface area contributed by atoms with E-state index < -0.39 is 0 Å². The summed E-state index contributed by atoms with van der Waals surface area (Å²) in [5.74, 6) is 3.39. The maximum atomic E-state index is 5.74. The zero-order chi connectivity index (χ0) is 23.8. The number of fused-ring (bicyclic) bond motifs is 2. The number of unbranched alkanes of at least 4 members (excludes halogenated alkanes) is 4. The number of rotatable bonds is 13. The Hall–Kier alpha value is -2.00. The van der Waals surface area contributed by atoms with Crippen molar-refractivity contribution in [1.29, 1.82) is 0 Å². The minimum absolute atomic E-state index is 0.0245. The van der Waals surface area contributed by atoms with E-state index in [1.807, 2.05) is 33.7 Å². The van der Waals surface area contributed by atoms with Gasteiger partial charge in [-0.1, -0.05) is 12.2 Å². The fourth-order valence-electron chi connectivity index (χ4n) is 3.29. The molecule has 0 bridgehead atoms. The maximum Gasteiger partial charge on any atom is 0.172 e. The first-order valence-electron chi connectivity index (χ1n) is 11.9. The Labute approximate surface area is 211 Å². The summed E-state index contributed by atoms with van der Waals surface area (Å²) >= 11 is 3.19. The molecule has 188 valence electrons. The van der Waals surface area contributed by atoms with Crippen LogP contribution in [0.4, 0.5) is 0 Å². The van der Waals surface area contributed by atoms with Crippen LogP contribution >= 0.6 is 22.7 Å². The standard InChI is InChI=1S/2C13H18O3S/c1-2-3-4-5-6-14-11-7-15-12-9-17-10-13(12)16-8-11;1-2-3-4-5-6-14-7-11-8-15-12-9-17-10-13(12)16-11/h2*2,9-11H,1,3-8H2. The lowest BCUT2D eigenvalue weighted by Gasteiger charge is -2.24. The fraction of sp³-hybridized carbons (Fsp3) is 0.538. The molecule has 0 saturated carbocycles. The Morgan fingerprint density at radius 1 is 0.765 bits per heavy atom. The van der Waals surface area contributed by atoms with Crippen LogP contribution < -0.4 is 18.9 Å². The minimum Gasteiger partial charge on any atom is -0.486 e. The molecule has 0 aromatic carbocycles. The van der Waals surface area contributed by atoms with Gasteiger partial charge >= 0.3 is 0 Å². The number of hydrogen-bond donors (Lipinski definition) is 0. The molecule has 4 rings (SSSR count). The van der Waals surface area contributed by atoms with E-state index in [0.29, 0.717) is 26.4 Å². The largest absolute Gasteiger partial charge is 0.486 e. The molecule has 0 fully saturated rings. The lowest BCUT2D eigenvalue weighted by Crippen LogP contribution is -2.33. The molecule has 6 nitrogen and oxygen atoms in total. The van der Waals surface area contributed by atoms with Gasteiger partial charge in [-0.25, -0.2) is 0 Å². The van der Waals surface area contributed by atoms with Crippen LogP contribution in [0, 0.1) is 0 Å². The lowest BCUT2D eigenvalue weighted by atomic mass is 10.2. The van der Waals surface area contributed by atoms with Gasteiger partial charge in [0.15, 0.2) is 29.1 Å². The number of thiophene rings is 2. The van der Waals surface area contributed by atoms with Gasteiger partial charge in [0.1, 0.15) is 25.9 Å². The summed E-state index contributed by atoms with van der Waals surface area (Å²) < 4.78 is 33.9. The molecule has 2 aromatic rings. The minimum atomic E-state index is 0.0245. The molecule has 8 heteroatoms. The predicted molar refractivity (Wildman–Crippen MR) is 138 cm³/mol. The molecule has 34 heavy (non-hydrogen) atoms. The maximum absolute atomic E-state index is 5.74. The highest BCUT2D eigenvalue weighted by Gasteiger charge is 2.21. The molecule has 0 aliphatic carbocycles. The van der Waals surface area contributed by atoms with Crippen LogP contribution in [0.1, 0.15) is 38.5 Å². The summed E-state index contributed by atoms with van der Waals surface area (Å²) in [5.41, 5.74) is 0. The van der Waals surface area contributed by atoms with E-state index >= 15 is 0 Å². The zero-order valence-electron chi connectivity index (χ0n) is 19.8. The average Bonchev–Trinajstić information content (AvgIpc) is 3.47. The summed E-state index contributed by atoms with van der Waals surface area (Å²) in [4.78, 5) is 0. The van der Waals surface area contributed by atoms with Crippen LogP contribution in [0.25, 0.3) is 0 Å². The third-order valence-corrected chi connectivity index (χ3v) is 6.56. The van der Waals surface area contributed by atoms with E-state index in [9.17, 15) is 0 Å². The second-order valence-corrected chi connectivity index (χ2v) is 9.50. The third kappa shape index (κ3) is 9.33. The highest BCUT2D eigenvalue weighted by Crippen LogP contribution is 2.35. The van der Waals surface area contributed by atoms with Gasteiger partial charge < -0.3 is 28.4 Å². The van der Waals surface area contributed by atoms with Gasteiger partial charge in [0, 0.05) is 34.7 Å². The van der Waals surface area contributed by atoms with Crippen LogP contribution in [-0.4, -0.2) is 51.8 Å². The summed E-state index contributed by atoms with van der Waals surface area (Å²) in [7, 11) is 0.